The van der Waals surface area contributed by atoms with Gasteiger partial charge in [0.05, 0.1) is 16.1 Å². The van der Waals surface area contributed by atoms with Crippen LogP contribution in [0, 0.1) is 5.92 Å². The van der Waals surface area contributed by atoms with Crippen molar-refractivity contribution in [3.63, 3.8) is 0 Å². The van der Waals surface area contributed by atoms with Crippen molar-refractivity contribution < 1.29 is 9.59 Å². The zero-order valence-corrected chi connectivity index (χ0v) is 17.9. The van der Waals surface area contributed by atoms with Crippen LogP contribution in [0.5, 0.6) is 0 Å². The summed E-state index contributed by atoms with van der Waals surface area (Å²) in [6.07, 6.45) is 2.21. The molecule has 1 aromatic heterocycles. The highest BCUT2D eigenvalue weighted by molar-refractivity contribution is 7.98. The summed E-state index contributed by atoms with van der Waals surface area (Å²) in [4.78, 5) is 32.9. The van der Waals surface area contributed by atoms with Crippen molar-refractivity contribution in [2.24, 2.45) is 5.92 Å². The fourth-order valence-electron chi connectivity index (χ4n) is 3.83. The molecular weight excluding hydrogens is 414 g/mol. The summed E-state index contributed by atoms with van der Waals surface area (Å²) in [5.74, 6) is -0.571. The van der Waals surface area contributed by atoms with Crippen molar-refractivity contribution in [3.8, 4) is 0 Å². The maximum atomic E-state index is 12.9. The van der Waals surface area contributed by atoms with E-state index in [1.54, 1.807) is 16.7 Å². The number of hydrogen-bond acceptors (Lipinski definition) is 5. The molecule has 0 bridgehead atoms. The summed E-state index contributed by atoms with van der Waals surface area (Å²) in [5.41, 5.74) is 1.74. The van der Waals surface area contributed by atoms with E-state index in [4.69, 9.17) is 0 Å². The molecule has 0 spiro atoms. The van der Waals surface area contributed by atoms with Gasteiger partial charge in [-0.1, -0.05) is 47.7 Å². The summed E-state index contributed by atoms with van der Waals surface area (Å²) in [5, 5.41) is 5.70. The Balaban J connectivity index is 1.35. The Kier molecular flexibility index (Phi) is 4.92. The Morgan fingerprint density at radius 3 is 2.90 bits per heavy atom. The number of thioether (sulfide) groups is 1. The lowest BCUT2D eigenvalue weighted by Gasteiger charge is -2.17. The van der Waals surface area contributed by atoms with Crippen LogP contribution >= 0.6 is 23.1 Å². The van der Waals surface area contributed by atoms with Gasteiger partial charge < -0.3 is 10.2 Å². The van der Waals surface area contributed by atoms with Gasteiger partial charge in [-0.25, -0.2) is 4.98 Å². The second-order valence-corrected chi connectivity index (χ2v) is 9.16. The molecule has 2 amide bonds. The van der Waals surface area contributed by atoms with Crippen LogP contribution in [-0.4, -0.2) is 29.6 Å². The number of nitrogens with zero attached hydrogens (tertiary/aromatic N) is 2. The smallest absolute Gasteiger partial charge is 0.231 e. The molecule has 4 aromatic rings. The monoisotopic (exact) mass is 433 g/mol. The number of rotatable bonds is 4. The molecule has 1 aliphatic heterocycles. The van der Waals surface area contributed by atoms with E-state index < -0.39 is 0 Å². The molecule has 1 aliphatic rings. The SMILES string of the molecule is CSc1cccc(N2C[C@@H](C(=O)Nc3nc4c(ccc5ccccc54)s3)CC2=O)c1. The zero-order chi connectivity index (χ0) is 20.7. The minimum absolute atomic E-state index is 0.0244. The number of amides is 2. The third-order valence-corrected chi connectivity index (χ3v) is 7.04. The van der Waals surface area contributed by atoms with Gasteiger partial charge in [0.15, 0.2) is 5.13 Å². The predicted molar refractivity (Wildman–Crippen MR) is 124 cm³/mol. The molecule has 1 saturated heterocycles. The molecule has 3 aromatic carbocycles. The highest BCUT2D eigenvalue weighted by atomic mass is 32.2. The zero-order valence-electron chi connectivity index (χ0n) is 16.3. The van der Waals surface area contributed by atoms with Crippen LogP contribution < -0.4 is 10.2 Å². The topological polar surface area (TPSA) is 62.3 Å². The average Bonchev–Trinajstić information content (AvgIpc) is 3.37. The van der Waals surface area contributed by atoms with Crippen molar-refractivity contribution in [3.05, 3.63) is 60.7 Å². The number of nitrogens with one attached hydrogen (secondary N) is 1. The van der Waals surface area contributed by atoms with Crippen molar-refractivity contribution in [1.29, 1.82) is 0 Å². The predicted octanol–water partition coefficient (Wildman–Crippen LogP) is 5.16. The molecule has 0 unspecified atom stereocenters. The van der Waals surface area contributed by atoms with Gasteiger partial charge in [0.2, 0.25) is 11.8 Å². The third kappa shape index (κ3) is 3.44. The Morgan fingerprint density at radius 1 is 1.17 bits per heavy atom. The lowest BCUT2D eigenvalue weighted by atomic mass is 10.1. The number of aromatic nitrogens is 1. The number of benzene rings is 3. The van der Waals surface area contributed by atoms with E-state index in [1.165, 1.54) is 11.3 Å². The molecule has 7 heteroatoms. The van der Waals surface area contributed by atoms with Crippen molar-refractivity contribution in [2.45, 2.75) is 11.3 Å². The van der Waals surface area contributed by atoms with Crippen LogP contribution in [0.2, 0.25) is 0 Å². The first-order valence-corrected chi connectivity index (χ1v) is 11.7. The van der Waals surface area contributed by atoms with Gasteiger partial charge in [0.25, 0.3) is 0 Å². The molecule has 0 radical (unpaired) electrons. The Bertz CT molecular complexity index is 1280. The normalized spacial score (nSPS) is 16.5. The van der Waals surface area contributed by atoms with Gasteiger partial charge in [-0.15, -0.1) is 11.8 Å². The first-order valence-electron chi connectivity index (χ1n) is 9.66. The standard InChI is InChI=1S/C23H19N3O2S2/c1-29-17-7-4-6-16(12-17)26-13-15(11-20(26)27)22(28)25-23-24-21-18-8-3-2-5-14(18)9-10-19(21)30-23/h2-10,12,15H,11,13H2,1H3,(H,24,25,28)/t15-/m0/s1. The second kappa shape index (κ2) is 7.74. The summed E-state index contributed by atoms with van der Waals surface area (Å²) in [7, 11) is 0. The first kappa shape index (κ1) is 19.1. The lowest BCUT2D eigenvalue weighted by molar-refractivity contribution is -0.122. The molecule has 5 nitrogen and oxygen atoms in total. The highest BCUT2D eigenvalue weighted by Gasteiger charge is 2.35. The number of thiazole rings is 1. The summed E-state index contributed by atoms with van der Waals surface area (Å²) in [6, 6.07) is 20.0. The van der Waals surface area contributed by atoms with Crippen molar-refractivity contribution in [1.82, 2.24) is 4.98 Å². The number of fused-ring (bicyclic) bond motifs is 3. The van der Waals surface area contributed by atoms with Gasteiger partial charge in [0.1, 0.15) is 0 Å². The molecule has 30 heavy (non-hydrogen) atoms. The molecule has 2 heterocycles. The Morgan fingerprint density at radius 2 is 2.03 bits per heavy atom. The number of carbonyl (C=O) groups is 2. The number of anilines is 2. The molecule has 1 fully saturated rings. The first-order chi connectivity index (χ1) is 14.6. The van der Waals surface area contributed by atoms with E-state index >= 15 is 0 Å². The van der Waals surface area contributed by atoms with Crippen LogP contribution in [-0.2, 0) is 9.59 Å². The van der Waals surface area contributed by atoms with E-state index in [-0.39, 0.29) is 24.2 Å². The highest BCUT2D eigenvalue weighted by Crippen LogP contribution is 2.33. The average molecular weight is 434 g/mol. The van der Waals surface area contributed by atoms with Gasteiger partial charge in [0, 0.05) is 28.9 Å². The van der Waals surface area contributed by atoms with Crippen LogP contribution in [0.3, 0.4) is 0 Å². The maximum Gasteiger partial charge on any atom is 0.231 e. The van der Waals surface area contributed by atoms with Crippen LogP contribution in [0.4, 0.5) is 10.8 Å². The van der Waals surface area contributed by atoms with Gasteiger partial charge >= 0.3 is 0 Å². The minimum Gasteiger partial charge on any atom is -0.312 e. The van der Waals surface area contributed by atoms with E-state index in [0.29, 0.717) is 11.7 Å². The van der Waals surface area contributed by atoms with Crippen LogP contribution in [0.1, 0.15) is 6.42 Å². The number of carbonyl (C=O) groups excluding carboxylic acids is 2. The van der Waals surface area contributed by atoms with E-state index in [9.17, 15) is 9.59 Å². The van der Waals surface area contributed by atoms with Crippen LogP contribution in [0.15, 0.2) is 65.6 Å². The van der Waals surface area contributed by atoms with Gasteiger partial charge in [-0.3, -0.25) is 9.59 Å². The van der Waals surface area contributed by atoms with E-state index in [2.05, 4.69) is 22.4 Å². The van der Waals surface area contributed by atoms with Crippen molar-refractivity contribution in [2.75, 3.05) is 23.0 Å². The second-order valence-electron chi connectivity index (χ2n) is 7.25. The Hall–Kier alpha value is -2.90. The van der Waals surface area contributed by atoms with E-state index in [1.807, 2.05) is 54.8 Å². The third-order valence-electron chi connectivity index (χ3n) is 5.37. The largest absolute Gasteiger partial charge is 0.312 e. The lowest BCUT2D eigenvalue weighted by Crippen LogP contribution is -2.28. The molecule has 0 aliphatic carbocycles. The summed E-state index contributed by atoms with van der Waals surface area (Å²) < 4.78 is 1.03. The maximum absolute atomic E-state index is 12.9. The van der Waals surface area contributed by atoms with Gasteiger partial charge in [-0.2, -0.15) is 0 Å². The quantitative estimate of drug-likeness (QED) is 0.452. The molecule has 0 saturated carbocycles. The summed E-state index contributed by atoms with van der Waals surface area (Å²) in [6.45, 7) is 0.385. The number of hydrogen-bond donors (Lipinski definition) is 1. The van der Waals surface area contributed by atoms with Crippen LogP contribution in [0.25, 0.3) is 21.0 Å². The molecule has 1 atom stereocenters. The van der Waals surface area contributed by atoms with Crippen molar-refractivity contribution >= 4 is 66.7 Å². The molecule has 150 valence electrons. The van der Waals surface area contributed by atoms with E-state index in [0.717, 1.165) is 31.6 Å². The molecule has 1 N–H and O–H groups in total. The minimum atomic E-state index is -0.390. The van der Waals surface area contributed by atoms with Gasteiger partial charge in [-0.05, 0) is 35.9 Å². The molecule has 5 rings (SSSR count). The summed E-state index contributed by atoms with van der Waals surface area (Å²) >= 11 is 3.09. The fraction of sp³-hybridized carbons (Fsp3) is 0.174. The molecular formula is C23H19N3O2S2. The fourth-order valence-corrected chi connectivity index (χ4v) is 5.17. The Labute approximate surface area is 182 Å².